The zero-order valence-corrected chi connectivity index (χ0v) is 13.5. The number of nitrogens with one attached hydrogen (secondary N) is 1. The first-order valence-corrected chi connectivity index (χ1v) is 9.06. The average Bonchev–Trinajstić information content (AvgIpc) is 2.66. The number of nitrogen functional groups attached to an aromatic ring is 1. The molecule has 0 aliphatic carbocycles. The van der Waals surface area contributed by atoms with E-state index in [-0.39, 0.29) is 4.90 Å². The number of hydrogen-bond donors (Lipinski definition) is 2. The molecule has 118 valence electrons. The Morgan fingerprint density at radius 2 is 1.86 bits per heavy atom. The lowest BCUT2D eigenvalue weighted by molar-refractivity contribution is 0.290. The summed E-state index contributed by atoms with van der Waals surface area (Å²) in [5.41, 5.74) is 6.79. The number of rotatable bonds is 5. The van der Waals surface area contributed by atoms with Crippen molar-refractivity contribution < 1.29 is 8.42 Å². The van der Waals surface area contributed by atoms with Crippen LogP contribution in [0.2, 0.25) is 0 Å². The first-order valence-electron chi connectivity index (χ1n) is 7.58. The summed E-state index contributed by atoms with van der Waals surface area (Å²) in [6.45, 7) is 5.07. The molecule has 1 fully saturated rings. The molecule has 1 aliphatic heterocycles. The number of nitrogens with two attached hydrogens (primary N) is 1. The maximum absolute atomic E-state index is 12.4. The first kappa shape index (κ1) is 16.3. The fourth-order valence-corrected chi connectivity index (χ4v) is 4.19. The van der Waals surface area contributed by atoms with E-state index >= 15 is 0 Å². The van der Waals surface area contributed by atoms with Crippen molar-refractivity contribution in [2.75, 3.05) is 31.9 Å². The third kappa shape index (κ3) is 4.43. The molecule has 1 aromatic carbocycles. The van der Waals surface area contributed by atoms with Crippen molar-refractivity contribution >= 4 is 15.7 Å². The molecular formula is C15H25N3O2S. The minimum atomic E-state index is -3.53. The second-order valence-electron chi connectivity index (χ2n) is 5.65. The van der Waals surface area contributed by atoms with Crippen molar-refractivity contribution in [1.29, 1.82) is 0 Å². The number of sulfonamides is 1. The molecule has 0 saturated carbocycles. The molecule has 0 aromatic heterocycles. The van der Waals surface area contributed by atoms with Crippen molar-refractivity contribution in [2.45, 2.75) is 37.5 Å². The largest absolute Gasteiger partial charge is 0.398 e. The van der Waals surface area contributed by atoms with E-state index in [0.29, 0.717) is 17.8 Å². The number of hydrogen-bond acceptors (Lipinski definition) is 4. The van der Waals surface area contributed by atoms with E-state index in [4.69, 9.17) is 5.73 Å². The van der Waals surface area contributed by atoms with Gasteiger partial charge in [-0.2, -0.15) is 0 Å². The molecule has 1 aromatic rings. The van der Waals surface area contributed by atoms with Gasteiger partial charge in [-0.15, -0.1) is 0 Å². The Labute approximate surface area is 127 Å². The van der Waals surface area contributed by atoms with Gasteiger partial charge in [0, 0.05) is 13.1 Å². The van der Waals surface area contributed by atoms with Crippen LogP contribution in [-0.4, -0.2) is 39.5 Å². The van der Waals surface area contributed by atoms with E-state index < -0.39 is 10.0 Å². The molecular weight excluding hydrogens is 286 g/mol. The van der Waals surface area contributed by atoms with Gasteiger partial charge in [0.05, 0.1) is 5.69 Å². The van der Waals surface area contributed by atoms with Crippen LogP contribution in [0.5, 0.6) is 0 Å². The van der Waals surface area contributed by atoms with Crippen LogP contribution in [0.25, 0.3) is 0 Å². The third-order valence-corrected chi connectivity index (χ3v) is 5.61. The number of nitrogens with zero attached hydrogens (tertiary/aromatic N) is 1. The van der Waals surface area contributed by atoms with Crippen LogP contribution in [0.3, 0.4) is 0 Å². The zero-order valence-electron chi connectivity index (χ0n) is 12.6. The Balaban J connectivity index is 1.95. The molecule has 0 amide bonds. The van der Waals surface area contributed by atoms with Gasteiger partial charge in [0.2, 0.25) is 10.0 Å². The summed E-state index contributed by atoms with van der Waals surface area (Å²) in [5.74, 6) is 0. The average molecular weight is 311 g/mol. The summed E-state index contributed by atoms with van der Waals surface area (Å²) in [5, 5.41) is 0. The van der Waals surface area contributed by atoms with Crippen molar-refractivity contribution in [1.82, 2.24) is 9.62 Å². The lowest BCUT2D eigenvalue weighted by Gasteiger charge is -2.20. The number of aryl methyl sites for hydroxylation is 1. The minimum absolute atomic E-state index is 0.209. The maximum atomic E-state index is 12.4. The van der Waals surface area contributed by atoms with Gasteiger partial charge in [-0.3, -0.25) is 0 Å². The van der Waals surface area contributed by atoms with Gasteiger partial charge < -0.3 is 10.6 Å². The van der Waals surface area contributed by atoms with Crippen LogP contribution >= 0.6 is 0 Å². The van der Waals surface area contributed by atoms with Crippen molar-refractivity contribution in [3.8, 4) is 0 Å². The summed E-state index contributed by atoms with van der Waals surface area (Å²) in [7, 11) is -3.53. The molecule has 0 bridgehead atoms. The SMILES string of the molecule is Cc1cccc(N)c1S(=O)(=O)NCCN1CCCCCC1. The monoisotopic (exact) mass is 311 g/mol. The lowest BCUT2D eigenvalue weighted by Crippen LogP contribution is -2.35. The molecule has 1 saturated heterocycles. The normalized spacial score (nSPS) is 17.6. The van der Waals surface area contributed by atoms with Crippen molar-refractivity contribution in [2.24, 2.45) is 0 Å². The van der Waals surface area contributed by atoms with Crippen LogP contribution in [0, 0.1) is 6.92 Å². The molecule has 0 unspecified atom stereocenters. The molecule has 0 atom stereocenters. The molecule has 21 heavy (non-hydrogen) atoms. The van der Waals surface area contributed by atoms with E-state index in [1.54, 1.807) is 25.1 Å². The van der Waals surface area contributed by atoms with Crippen molar-refractivity contribution in [3.05, 3.63) is 23.8 Å². The standard InChI is InChI=1S/C15H25N3O2S/c1-13-7-6-8-14(16)15(13)21(19,20)17-9-12-18-10-4-2-3-5-11-18/h6-8,17H,2-5,9-12,16H2,1H3. The molecule has 0 spiro atoms. The van der Waals surface area contributed by atoms with E-state index in [1.165, 1.54) is 25.7 Å². The Kier molecular flexibility index (Phi) is 5.61. The Morgan fingerprint density at radius 3 is 2.48 bits per heavy atom. The second-order valence-corrected chi connectivity index (χ2v) is 7.35. The number of likely N-dealkylation sites (tertiary alicyclic amines) is 1. The van der Waals surface area contributed by atoms with Crippen molar-refractivity contribution in [3.63, 3.8) is 0 Å². The smallest absolute Gasteiger partial charge is 0.242 e. The summed E-state index contributed by atoms with van der Waals surface area (Å²) in [4.78, 5) is 2.54. The Bertz CT molecular complexity index is 544. The number of anilines is 1. The third-order valence-electron chi connectivity index (χ3n) is 3.93. The predicted octanol–water partition coefficient (Wildman–Crippen LogP) is 1.73. The van der Waals surface area contributed by atoms with Gasteiger partial charge in [0.25, 0.3) is 0 Å². The molecule has 5 nitrogen and oxygen atoms in total. The summed E-state index contributed by atoms with van der Waals surface area (Å²) < 4.78 is 27.4. The molecule has 1 aliphatic rings. The molecule has 1 heterocycles. The fraction of sp³-hybridized carbons (Fsp3) is 0.600. The predicted molar refractivity (Wildman–Crippen MR) is 85.7 cm³/mol. The summed E-state index contributed by atoms with van der Waals surface area (Å²) >= 11 is 0. The first-order chi connectivity index (χ1) is 10.0. The minimum Gasteiger partial charge on any atom is -0.398 e. The highest BCUT2D eigenvalue weighted by atomic mass is 32.2. The van der Waals surface area contributed by atoms with Crippen LogP contribution in [0.4, 0.5) is 5.69 Å². The van der Waals surface area contributed by atoms with E-state index in [1.807, 2.05) is 0 Å². The van der Waals surface area contributed by atoms with Gasteiger partial charge in [0.1, 0.15) is 4.90 Å². The molecule has 6 heteroatoms. The van der Waals surface area contributed by atoms with E-state index in [9.17, 15) is 8.42 Å². The van der Waals surface area contributed by atoms with Gasteiger partial charge in [-0.25, -0.2) is 13.1 Å². The fourth-order valence-electron chi connectivity index (χ4n) is 2.81. The van der Waals surface area contributed by atoms with Crippen LogP contribution < -0.4 is 10.5 Å². The van der Waals surface area contributed by atoms with Crippen LogP contribution in [-0.2, 0) is 10.0 Å². The van der Waals surface area contributed by atoms with Gasteiger partial charge in [0.15, 0.2) is 0 Å². The quantitative estimate of drug-likeness (QED) is 0.812. The molecule has 0 radical (unpaired) electrons. The highest BCUT2D eigenvalue weighted by molar-refractivity contribution is 7.89. The van der Waals surface area contributed by atoms with Gasteiger partial charge in [-0.1, -0.05) is 25.0 Å². The van der Waals surface area contributed by atoms with Crippen LogP contribution in [0.15, 0.2) is 23.1 Å². The lowest BCUT2D eigenvalue weighted by atomic mass is 10.2. The van der Waals surface area contributed by atoms with Gasteiger partial charge in [-0.05, 0) is 44.5 Å². The molecule has 2 rings (SSSR count). The van der Waals surface area contributed by atoms with Gasteiger partial charge >= 0.3 is 0 Å². The highest BCUT2D eigenvalue weighted by Gasteiger charge is 2.19. The topological polar surface area (TPSA) is 75.4 Å². The second kappa shape index (κ2) is 7.24. The highest BCUT2D eigenvalue weighted by Crippen LogP contribution is 2.21. The zero-order chi connectivity index (χ0) is 15.3. The van der Waals surface area contributed by atoms with Crippen LogP contribution in [0.1, 0.15) is 31.2 Å². The Morgan fingerprint density at radius 1 is 1.19 bits per heavy atom. The molecule has 3 N–H and O–H groups in total. The Hall–Kier alpha value is -1.11. The van der Waals surface area contributed by atoms with E-state index in [0.717, 1.165) is 19.6 Å². The summed E-state index contributed by atoms with van der Waals surface area (Å²) in [6, 6.07) is 5.15. The maximum Gasteiger partial charge on any atom is 0.242 e. The summed E-state index contributed by atoms with van der Waals surface area (Å²) in [6.07, 6.45) is 4.97. The van der Waals surface area contributed by atoms with E-state index in [2.05, 4.69) is 9.62 Å². The number of benzene rings is 1.